The summed E-state index contributed by atoms with van der Waals surface area (Å²) in [5, 5.41) is 0. The average Bonchev–Trinajstić information content (AvgIpc) is 2.28. The zero-order chi connectivity index (χ0) is 12.8. The Bertz CT molecular complexity index is 480. The molecule has 90 valence electrons. The smallest absolute Gasteiger partial charge is 0.0965 e. The highest BCUT2D eigenvalue weighted by molar-refractivity contribution is 6.09. The fourth-order valence-corrected chi connectivity index (χ4v) is 1.44. The van der Waals surface area contributed by atoms with Gasteiger partial charge in [0.05, 0.1) is 17.2 Å². The van der Waals surface area contributed by atoms with E-state index in [9.17, 15) is 0 Å². The molecule has 1 heterocycles. The zero-order valence-corrected chi connectivity index (χ0v) is 10.7. The van der Waals surface area contributed by atoms with Crippen molar-refractivity contribution in [2.24, 2.45) is 15.7 Å². The van der Waals surface area contributed by atoms with Gasteiger partial charge in [0.15, 0.2) is 0 Å². The molecule has 17 heavy (non-hydrogen) atoms. The number of nitrogens with two attached hydrogens (primary N) is 1. The first-order valence-corrected chi connectivity index (χ1v) is 5.44. The molecule has 4 nitrogen and oxygen atoms in total. The molecule has 0 aromatic carbocycles. The van der Waals surface area contributed by atoms with Crippen molar-refractivity contribution in [1.82, 2.24) is 4.98 Å². The molecule has 0 fully saturated rings. The molecule has 4 heteroatoms. The monoisotopic (exact) mass is 230 g/mol. The first-order chi connectivity index (χ1) is 8.08. The molecule has 0 aliphatic heterocycles. The van der Waals surface area contributed by atoms with E-state index in [0.717, 1.165) is 22.5 Å². The molecule has 1 aromatic rings. The summed E-state index contributed by atoms with van der Waals surface area (Å²) in [6, 6.07) is 1.97. The summed E-state index contributed by atoms with van der Waals surface area (Å²) in [6.07, 6.45) is 5.61. The Labute approximate surface area is 102 Å². The fourth-order valence-electron chi connectivity index (χ4n) is 1.44. The Morgan fingerprint density at radius 3 is 2.71 bits per heavy atom. The van der Waals surface area contributed by atoms with Crippen LogP contribution in [0.4, 0.5) is 5.69 Å². The maximum atomic E-state index is 5.59. The van der Waals surface area contributed by atoms with Crippen LogP contribution in [0.25, 0.3) is 5.57 Å². The average molecular weight is 230 g/mol. The number of aromatic nitrogens is 1. The Hall–Kier alpha value is -1.97. The SMILES string of the molecule is C/C=C(\C=NC)c1cnc(C)c(N=C(C)N)c1. The van der Waals surface area contributed by atoms with Gasteiger partial charge in [-0.1, -0.05) is 6.08 Å². The quantitative estimate of drug-likeness (QED) is 0.640. The van der Waals surface area contributed by atoms with Crippen LogP contribution in [0.1, 0.15) is 25.1 Å². The highest BCUT2D eigenvalue weighted by Gasteiger charge is 2.03. The molecule has 0 bridgehead atoms. The molecular weight excluding hydrogens is 212 g/mol. The van der Waals surface area contributed by atoms with Crippen LogP contribution in [-0.4, -0.2) is 24.1 Å². The summed E-state index contributed by atoms with van der Waals surface area (Å²) < 4.78 is 0. The number of aliphatic imine (C=N–C) groups is 2. The molecule has 0 radical (unpaired) electrons. The maximum absolute atomic E-state index is 5.59. The van der Waals surface area contributed by atoms with Gasteiger partial charge in [-0.3, -0.25) is 9.98 Å². The normalized spacial score (nSPS) is 13.4. The minimum atomic E-state index is 0.526. The van der Waals surface area contributed by atoms with Crippen molar-refractivity contribution in [3.05, 3.63) is 29.6 Å². The summed E-state index contributed by atoms with van der Waals surface area (Å²) >= 11 is 0. The molecule has 0 spiro atoms. The lowest BCUT2D eigenvalue weighted by molar-refractivity contribution is 1.17. The second-order valence-electron chi connectivity index (χ2n) is 3.71. The summed E-state index contributed by atoms with van der Waals surface area (Å²) in [5.74, 6) is 0.526. The predicted molar refractivity (Wildman–Crippen MR) is 74.0 cm³/mol. The van der Waals surface area contributed by atoms with Gasteiger partial charge >= 0.3 is 0 Å². The van der Waals surface area contributed by atoms with Crippen molar-refractivity contribution >= 4 is 23.3 Å². The lowest BCUT2D eigenvalue weighted by atomic mass is 10.1. The molecular formula is C13H18N4. The molecule has 0 amide bonds. The van der Waals surface area contributed by atoms with E-state index in [-0.39, 0.29) is 0 Å². The number of allylic oxidation sites excluding steroid dienone is 2. The number of hydrogen-bond acceptors (Lipinski definition) is 3. The third kappa shape index (κ3) is 3.52. The Balaban J connectivity index is 3.25. The van der Waals surface area contributed by atoms with Gasteiger partial charge in [-0.15, -0.1) is 0 Å². The largest absolute Gasteiger partial charge is 0.387 e. The van der Waals surface area contributed by atoms with Gasteiger partial charge in [0.2, 0.25) is 0 Å². The van der Waals surface area contributed by atoms with Crippen molar-refractivity contribution in [2.75, 3.05) is 7.05 Å². The second kappa shape index (κ2) is 5.94. The van der Waals surface area contributed by atoms with Gasteiger partial charge in [0, 0.05) is 25.0 Å². The molecule has 2 N–H and O–H groups in total. The molecule has 0 saturated carbocycles. The van der Waals surface area contributed by atoms with Crippen LogP contribution in [0.5, 0.6) is 0 Å². The van der Waals surface area contributed by atoms with E-state index in [1.54, 1.807) is 20.2 Å². The van der Waals surface area contributed by atoms with Gasteiger partial charge < -0.3 is 5.73 Å². The van der Waals surface area contributed by atoms with E-state index in [1.807, 2.05) is 32.2 Å². The Kier molecular flexibility index (Phi) is 4.57. The van der Waals surface area contributed by atoms with E-state index in [4.69, 9.17) is 5.73 Å². The summed E-state index contributed by atoms with van der Waals surface area (Å²) in [7, 11) is 1.74. The molecule has 0 aliphatic carbocycles. The van der Waals surface area contributed by atoms with E-state index in [1.165, 1.54) is 0 Å². The number of rotatable bonds is 3. The molecule has 0 unspecified atom stereocenters. The van der Waals surface area contributed by atoms with Gasteiger partial charge in [0.25, 0.3) is 0 Å². The number of pyridine rings is 1. The van der Waals surface area contributed by atoms with E-state index in [0.29, 0.717) is 5.84 Å². The fraction of sp³-hybridized carbons (Fsp3) is 0.308. The molecule has 0 atom stereocenters. The first kappa shape index (κ1) is 13.1. The molecule has 1 rings (SSSR count). The highest BCUT2D eigenvalue weighted by Crippen LogP contribution is 2.21. The zero-order valence-electron chi connectivity index (χ0n) is 10.7. The minimum absolute atomic E-state index is 0.526. The summed E-state index contributed by atoms with van der Waals surface area (Å²) in [4.78, 5) is 12.6. The van der Waals surface area contributed by atoms with E-state index >= 15 is 0 Å². The van der Waals surface area contributed by atoms with Crippen LogP contribution in [0, 0.1) is 6.92 Å². The third-order valence-corrected chi connectivity index (χ3v) is 2.27. The molecule has 1 aromatic heterocycles. The Morgan fingerprint density at radius 2 is 2.18 bits per heavy atom. The van der Waals surface area contributed by atoms with Crippen molar-refractivity contribution < 1.29 is 0 Å². The predicted octanol–water partition coefficient (Wildman–Crippen LogP) is 2.50. The van der Waals surface area contributed by atoms with Crippen LogP contribution in [0.3, 0.4) is 0 Å². The molecule has 0 aliphatic rings. The van der Waals surface area contributed by atoms with E-state index in [2.05, 4.69) is 15.0 Å². The number of nitrogens with zero attached hydrogens (tertiary/aromatic N) is 3. The highest BCUT2D eigenvalue weighted by atomic mass is 14.9. The van der Waals surface area contributed by atoms with Crippen molar-refractivity contribution in [3.8, 4) is 0 Å². The number of amidine groups is 1. The first-order valence-electron chi connectivity index (χ1n) is 5.44. The number of hydrogen-bond donors (Lipinski definition) is 1. The number of aryl methyl sites for hydroxylation is 1. The summed E-state index contributed by atoms with van der Waals surface area (Å²) in [5.41, 5.74) is 9.26. The van der Waals surface area contributed by atoms with Gasteiger partial charge in [-0.25, -0.2) is 4.99 Å². The van der Waals surface area contributed by atoms with Crippen molar-refractivity contribution in [2.45, 2.75) is 20.8 Å². The topological polar surface area (TPSA) is 63.6 Å². The van der Waals surface area contributed by atoms with Crippen LogP contribution >= 0.6 is 0 Å². The van der Waals surface area contributed by atoms with Crippen LogP contribution in [0.2, 0.25) is 0 Å². The van der Waals surface area contributed by atoms with Gasteiger partial charge in [-0.2, -0.15) is 0 Å². The standard InChI is InChI=1S/C13H18N4/c1-5-11(7-15-4)12-6-13(17-10(3)14)9(2)16-8-12/h5-8H,1-4H3,(H2,14,17)/b11-5+,15-7?. The van der Waals surface area contributed by atoms with Crippen molar-refractivity contribution in [1.29, 1.82) is 0 Å². The van der Waals surface area contributed by atoms with Gasteiger partial charge in [-0.05, 0) is 32.4 Å². The van der Waals surface area contributed by atoms with E-state index < -0.39 is 0 Å². The second-order valence-corrected chi connectivity index (χ2v) is 3.71. The Morgan fingerprint density at radius 1 is 1.47 bits per heavy atom. The van der Waals surface area contributed by atoms with Crippen LogP contribution in [-0.2, 0) is 0 Å². The third-order valence-electron chi connectivity index (χ3n) is 2.27. The maximum Gasteiger partial charge on any atom is 0.0965 e. The minimum Gasteiger partial charge on any atom is -0.387 e. The lowest BCUT2D eigenvalue weighted by Crippen LogP contribution is -2.04. The summed E-state index contributed by atoms with van der Waals surface area (Å²) in [6.45, 7) is 5.64. The lowest BCUT2D eigenvalue weighted by Gasteiger charge is -2.05. The van der Waals surface area contributed by atoms with Crippen LogP contribution < -0.4 is 5.73 Å². The van der Waals surface area contributed by atoms with Crippen molar-refractivity contribution in [3.63, 3.8) is 0 Å². The van der Waals surface area contributed by atoms with Crippen LogP contribution in [0.15, 0.2) is 28.3 Å². The van der Waals surface area contributed by atoms with Gasteiger partial charge in [0.1, 0.15) is 0 Å². The molecule has 0 saturated heterocycles.